The van der Waals surface area contributed by atoms with E-state index in [9.17, 15) is 4.79 Å². The van der Waals surface area contributed by atoms with Gasteiger partial charge in [0.15, 0.2) is 0 Å². The molecule has 1 heterocycles. The van der Waals surface area contributed by atoms with E-state index < -0.39 is 0 Å². The number of amides is 1. The number of anilines is 1. The normalized spacial score (nSPS) is 15.6. The number of benzene rings is 3. The van der Waals surface area contributed by atoms with Crippen molar-refractivity contribution in [2.45, 2.75) is 38.8 Å². The average molecular weight is 485 g/mol. The molecule has 0 saturated carbocycles. The van der Waals surface area contributed by atoms with Gasteiger partial charge in [-0.2, -0.15) is 0 Å². The van der Waals surface area contributed by atoms with Crippen LogP contribution in [0.3, 0.4) is 0 Å². The minimum absolute atomic E-state index is 0.0930. The minimum atomic E-state index is -0.322. The molecule has 1 atom stereocenters. The molecular weight excluding hydrogens is 462 g/mol. The Morgan fingerprint density at radius 3 is 2.57 bits per heavy atom. The molecule has 1 aliphatic heterocycles. The standard InChI is InChI=1S/C25H23BrClNO2/c1-2-18-14-21(26)15-20-10-13-23(19-8-11-22(27)12-9-19)28(24(18)20)25(29)30-16-17-6-4-3-5-7-17/h3-9,11-12,14-15,23H,2,10,13,16H2,1H3. The van der Waals surface area contributed by atoms with Crippen LogP contribution >= 0.6 is 27.5 Å². The Hall–Kier alpha value is -2.30. The first-order valence-electron chi connectivity index (χ1n) is 10.1. The zero-order valence-electron chi connectivity index (χ0n) is 16.8. The highest BCUT2D eigenvalue weighted by molar-refractivity contribution is 9.10. The molecule has 0 spiro atoms. The third-order valence-corrected chi connectivity index (χ3v) is 6.22. The number of ether oxygens (including phenoxy) is 1. The summed E-state index contributed by atoms with van der Waals surface area (Å²) in [7, 11) is 0. The maximum Gasteiger partial charge on any atom is 0.415 e. The van der Waals surface area contributed by atoms with Crippen LogP contribution in [0.25, 0.3) is 0 Å². The fourth-order valence-electron chi connectivity index (χ4n) is 4.07. The van der Waals surface area contributed by atoms with Crippen molar-refractivity contribution in [3.63, 3.8) is 0 Å². The Labute approximate surface area is 190 Å². The lowest BCUT2D eigenvalue weighted by atomic mass is 9.89. The van der Waals surface area contributed by atoms with E-state index in [1.165, 1.54) is 5.56 Å². The van der Waals surface area contributed by atoms with E-state index in [-0.39, 0.29) is 18.7 Å². The van der Waals surface area contributed by atoms with Crippen LogP contribution in [0.4, 0.5) is 10.5 Å². The summed E-state index contributed by atoms with van der Waals surface area (Å²) >= 11 is 9.72. The van der Waals surface area contributed by atoms with Gasteiger partial charge >= 0.3 is 6.09 Å². The maximum atomic E-state index is 13.4. The van der Waals surface area contributed by atoms with Crippen LogP contribution in [0.2, 0.25) is 5.02 Å². The Balaban J connectivity index is 1.72. The summed E-state index contributed by atoms with van der Waals surface area (Å²) in [4.78, 5) is 15.2. The molecule has 1 unspecified atom stereocenters. The Morgan fingerprint density at radius 2 is 1.87 bits per heavy atom. The second-order valence-electron chi connectivity index (χ2n) is 7.44. The van der Waals surface area contributed by atoms with E-state index in [4.69, 9.17) is 16.3 Å². The third kappa shape index (κ3) is 4.40. The molecule has 3 nitrogen and oxygen atoms in total. The highest BCUT2D eigenvalue weighted by atomic mass is 79.9. The summed E-state index contributed by atoms with van der Waals surface area (Å²) in [5.74, 6) is 0. The van der Waals surface area contributed by atoms with Crippen molar-refractivity contribution in [1.82, 2.24) is 0 Å². The molecule has 1 aliphatic rings. The summed E-state index contributed by atoms with van der Waals surface area (Å²) in [5.41, 5.74) is 5.31. The highest BCUT2D eigenvalue weighted by Crippen LogP contribution is 2.43. The molecule has 3 aromatic carbocycles. The highest BCUT2D eigenvalue weighted by Gasteiger charge is 2.35. The number of fused-ring (bicyclic) bond motifs is 1. The molecule has 154 valence electrons. The predicted molar refractivity (Wildman–Crippen MR) is 125 cm³/mol. The molecule has 0 bridgehead atoms. The molecular formula is C25H23BrClNO2. The van der Waals surface area contributed by atoms with Crippen LogP contribution in [0.15, 0.2) is 71.2 Å². The van der Waals surface area contributed by atoms with Gasteiger partial charge in [-0.25, -0.2) is 4.79 Å². The number of hydrogen-bond acceptors (Lipinski definition) is 2. The lowest BCUT2D eigenvalue weighted by molar-refractivity contribution is 0.143. The van der Waals surface area contributed by atoms with Crippen molar-refractivity contribution in [2.75, 3.05) is 4.90 Å². The van der Waals surface area contributed by atoms with Crippen LogP contribution < -0.4 is 4.90 Å². The molecule has 3 aromatic rings. The lowest BCUT2D eigenvalue weighted by Gasteiger charge is -2.38. The summed E-state index contributed by atoms with van der Waals surface area (Å²) in [6, 6.07) is 21.6. The van der Waals surface area contributed by atoms with Gasteiger partial charge < -0.3 is 4.74 Å². The molecule has 0 N–H and O–H groups in total. The number of halogens is 2. The maximum absolute atomic E-state index is 13.4. The number of carbonyl (C=O) groups excluding carboxylic acids is 1. The summed E-state index contributed by atoms with van der Waals surface area (Å²) in [6.07, 6.45) is 2.24. The van der Waals surface area contributed by atoms with Crippen molar-refractivity contribution in [1.29, 1.82) is 0 Å². The molecule has 4 rings (SSSR count). The van der Waals surface area contributed by atoms with Crippen molar-refractivity contribution in [3.05, 3.63) is 98.5 Å². The van der Waals surface area contributed by atoms with Gasteiger partial charge in [0.05, 0.1) is 11.7 Å². The van der Waals surface area contributed by atoms with Crippen molar-refractivity contribution in [2.24, 2.45) is 0 Å². The van der Waals surface area contributed by atoms with Gasteiger partial charge in [-0.1, -0.05) is 76.9 Å². The first kappa shape index (κ1) is 21.0. The number of carbonyl (C=O) groups is 1. The Kier molecular flexibility index (Phi) is 6.45. The van der Waals surface area contributed by atoms with Gasteiger partial charge in [-0.3, -0.25) is 4.90 Å². The van der Waals surface area contributed by atoms with E-state index in [0.29, 0.717) is 5.02 Å². The molecule has 0 aliphatic carbocycles. The van der Waals surface area contributed by atoms with Crippen molar-refractivity contribution in [3.8, 4) is 0 Å². The zero-order chi connectivity index (χ0) is 21.1. The fourth-order valence-corrected chi connectivity index (χ4v) is 4.75. The van der Waals surface area contributed by atoms with Crippen LogP contribution in [0, 0.1) is 0 Å². The number of rotatable bonds is 4. The second kappa shape index (κ2) is 9.23. The Bertz CT molecular complexity index is 1020. The molecule has 5 heteroatoms. The first-order valence-corrected chi connectivity index (χ1v) is 11.3. The van der Waals surface area contributed by atoms with E-state index >= 15 is 0 Å². The van der Waals surface area contributed by atoms with Crippen LogP contribution in [0.5, 0.6) is 0 Å². The fraction of sp³-hybridized carbons (Fsp3) is 0.240. The lowest BCUT2D eigenvalue weighted by Crippen LogP contribution is -2.39. The molecule has 0 fully saturated rings. The largest absolute Gasteiger partial charge is 0.444 e. The van der Waals surface area contributed by atoms with Gasteiger partial charge in [0, 0.05) is 9.50 Å². The van der Waals surface area contributed by atoms with Crippen LogP contribution in [-0.2, 0) is 24.2 Å². The molecule has 0 saturated heterocycles. The molecule has 0 radical (unpaired) electrons. The number of nitrogens with zero attached hydrogens (tertiary/aromatic N) is 1. The Morgan fingerprint density at radius 1 is 1.13 bits per heavy atom. The monoisotopic (exact) mass is 483 g/mol. The SMILES string of the molecule is CCc1cc(Br)cc2c1N(C(=O)OCc1ccccc1)C(c1ccc(Cl)cc1)CC2. The second-order valence-corrected chi connectivity index (χ2v) is 8.79. The van der Waals surface area contributed by atoms with E-state index in [1.807, 2.05) is 59.5 Å². The number of hydrogen-bond donors (Lipinski definition) is 0. The quantitative estimate of drug-likeness (QED) is 0.384. The summed E-state index contributed by atoms with van der Waals surface area (Å²) in [5, 5.41) is 0.686. The summed E-state index contributed by atoms with van der Waals surface area (Å²) < 4.78 is 6.82. The smallest absolute Gasteiger partial charge is 0.415 e. The van der Waals surface area contributed by atoms with Crippen LogP contribution in [-0.4, -0.2) is 6.09 Å². The molecule has 0 aromatic heterocycles. The van der Waals surface area contributed by atoms with Gasteiger partial charge in [0.2, 0.25) is 0 Å². The van der Waals surface area contributed by atoms with Gasteiger partial charge in [-0.05, 0) is 65.8 Å². The molecule has 1 amide bonds. The topological polar surface area (TPSA) is 29.5 Å². The van der Waals surface area contributed by atoms with Gasteiger partial charge in [0.25, 0.3) is 0 Å². The van der Waals surface area contributed by atoms with Gasteiger partial charge in [0.1, 0.15) is 6.61 Å². The molecule has 30 heavy (non-hydrogen) atoms. The van der Waals surface area contributed by atoms with E-state index in [2.05, 4.69) is 35.0 Å². The average Bonchev–Trinajstić information content (AvgIpc) is 2.77. The summed E-state index contributed by atoms with van der Waals surface area (Å²) in [6.45, 7) is 2.36. The van der Waals surface area contributed by atoms with Gasteiger partial charge in [-0.15, -0.1) is 0 Å². The van der Waals surface area contributed by atoms with Crippen molar-refractivity contribution >= 4 is 39.3 Å². The number of aryl methyl sites for hydroxylation is 2. The third-order valence-electron chi connectivity index (χ3n) is 5.51. The van der Waals surface area contributed by atoms with Crippen molar-refractivity contribution < 1.29 is 9.53 Å². The van der Waals surface area contributed by atoms with E-state index in [1.54, 1.807) is 0 Å². The zero-order valence-corrected chi connectivity index (χ0v) is 19.1. The van der Waals surface area contributed by atoms with E-state index in [0.717, 1.165) is 46.1 Å². The minimum Gasteiger partial charge on any atom is -0.444 e. The van der Waals surface area contributed by atoms with Crippen LogP contribution in [0.1, 0.15) is 41.6 Å². The predicted octanol–water partition coefficient (Wildman–Crippen LogP) is 7.50. The first-order chi connectivity index (χ1) is 14.6.